The summed E-state index contributed by atoms with van der Waals surface area (Å²) in [6, 6.07) is 5.78. The summed E-state index contributed by atoms with van der Waals surface area (Å²) in [5.41, 5.74) is 12.4. The molecule has 0 amide bonds. The molecule has 2 heterocycles. The fraction of sp³-hybridized carbons (Fsp3) is 0.125. The first-order valence-electron chi connectivity index (χ1n) is 6.96. The molecule has 0 unspecified atom stereocenters. The molecule has 2 aromatic heterocycles. The average Bonchev–Trinajstić information content (AvgIpc) is 2.51. The van der Waals surface area contributed by atoms with Crippen LogP contribution in [0.4, 0.5) is 15.9 Å². The summed E-state index contributed by atoms with van der Waals surface area (Å²) < 4.78 is 15.1. The summed E-state index contributed by atoms with van der Waals surface area (Å²) in [7, 11) is 0. The Morgan fingerprint density at radius 1 is 1.22 bits per heavy atom. The van der Waals surface area contributed by atoms with E-state index in [1.807, 2.05) is 6.92 Å². The number of fused-ring (bicyclic) bond motifs is 1. The maximum atomic E-state index is 13.5. The van der Waals surface area contributed by atoms with Crippen molar-refractivity contribution in [3.63, 3.8) is 0 Å². The lowest BCUT2D eigenvalue weighted by molar-refractivity contribution is 0.633. The van der Waals surface area contributed by atoms with Crippen LogP contribution < -0.4 is 17.0 Å². The molecule has 0 aliphatic heterocycles. The van der Waals surface area contributed by atoms with Gasteiger partial charge in [0.15, 0.2) is 0 Å². The molecule has 0 saturated carbocycles. The van der Waals surface area contributed by atoms with Crippen molar-refractivity contribution in [2.45, 2.75) is 13.5 Å². The van der Waals surface area contributed by atoms with E-state index < -0.39 is 5.82 Å². The molecule has 5 nitrogen and oxygen atoms in total. The van der Waals surface area contributed by atoms with Gasteiger partial charge in [0.1, 0.15) is 11.6 Å². The third kappa shape index (κ3) is 2.51. The smallest absolute Gasteiger partial charge is 0.258 e. The number of rotatable bonds is 2. The number of benzene rings is 1. The maximum absolute atomic E-state index is 13.5. The second-order valence-electron chi connectivity index (χ2n) is 5.13. The van der Waals surface area contributed by atoms with Gasteiger partial charge in [-0.25, -0.2) is 9.37 Å². The average molecular weight is 333 g/mol. The molecule has 1 aromatic carbocycles. The molecule has 0 bridgehead atoms. The molecular weight excluding hydrogens is 319 g/mol. The van der Waals surface area contributed by atoms with Crippen LogP contribution in [-0.4, -0.2) is 9.55 Å². The number of aromatic nitrogens is 2. The van der Waals surface area contributed by atoms with E-state index in [0.717, 1.165) is 11.5 Å². The van der Waals surface area contributed by atoms with E-state index >= 15 is 0 Å². The van der Waals surface area contributed by atoms with Crippen LogP contribution in [0.1, 0.15) is 6.92 Å². The molecular formula is C16H14ClFN4O. The van der Waals surface area contributed by atoms with E-state index in [1.54, 1.807) is 22.9 Å². The van der Waals surface area contributed by atoms with Crippen LogP contribution in [0, 0.1) is 5.82 Å². The number of nitrogen functional groups attached to an aromatic ring is 2. The first-order valence-corrected chi connectivity index (χ1v) is 7.34. The van der Waals surface area contributed by atoms with Crippen molar-refractivity contribution in [1.29, 1.82) is 0 Å². The Bertz CT molecular complexity index is 984. The van der Waals surface area contributed by atoms with E-state index in [2.05, 4.69) is 4.98 Å². The standard InChI is InChI=1S/C16H14ClFN4O/c1-2-22-14-6-15(20)21-7-8(14)3-10(16(22)23)9-4-13(19)12(18)5-11(9)17/h3-7H,2,19H2,1H3,(H2,20,21). The van der Waals surface area contributed by atoms with Gasteiger partial charge in [-0.05, 0) is 25.1 Å². The molecule has 7 heteroatoms. The fourth-order valence-corrected chi connectivity index (χ4v) is 2.82. The Morgan fingerprint density at radius 2 is 1.96 bits per heavy atom. The monoisotopic (exact) mass is 332 g/mol. The Kier molecular flexibility index (Phi) is 3.69. The highest BCUT2D eigenvalue weighted by Crippen LogP contribution is 2.31. The normalized spacial score (nSPS) is 11.1. The number of anilines is 2. The Labute approximate surface area is 136 Å². The summed E-state index contributed by atoms with van der Waals surface area (Å²) in [4.78, 5) is 16.8. The Hall–Kier alpha value is -2.60. The first kappa shape index (κ1) is 15.3. The van der Waals surface area contributed by atoms with Crippen LogP contribution in [0.2, 0.25) is 5.02 Å². The molecule has 0 radical (unpaired) electrons. The van der Waals surface area contributed by atoms with Crippen LogP contribution in [-0.2, 0) is 6.54 Å². The second-order valence-corrected chi connectivity index (χ2v) is 5.54. The van der Waals surface area contributed by atoms with Crippen molar-refractivity contribution >= 4 is 34.0 Å². The molecule has 0 fully saturated rings. The molecule has 0 aliphatic rings. The highest BCUT2D eigenvalue weighted by Gasteiger charge is 2.15. The second kappa shape index (κ2) is 5.55. The zero-order valence-electron chi connectivity index (χ0n) is 12.3. The quantitative estimate of drug-likeness (QED) is 0.706. The molecule has 0 atom stereocenters. The zero-order valence-corrected chi connectivity index (χ0v) is 13.1. The van der Waals surface area contributed by atoms with E-state index in [0.29, 0.717) is 29.0 Å². The highest BCUT2D eigenvalue weighted by atomic mass is 35.5. The largest absolute Gasteiger partial charge is 0.396 e. The fourth-order valence-electron chi connectivity index (χ4n) is 2.57. The molecule has 3 rings (SSSR count). The van der Waals surface area contributed by atoms with Gasteiger partial charge in [-0.2, -0.15) is 0 Å². The summed E-state index contributed by atoms with van der Waals surface area (Å²) in [6.45, 7) is 2.29. The van der Waals surface area contributed by atoms with Gasteiger partial charge in [0.05, 0.1) is 16.2 Å². The minimum Gasteiger partial charge on any atom is -0.396 e. The number of hydrogen-bond acceptors (Lipinski definition) is 4. The third-order valence-corrected chi connectivity index (χ3v) is 4.00. The minimum atomic E-state index is -0.621. The maximum Gasteiger partial charge on any atom is 0.258 e. The van der Waals surface area contributed by atoms with E-state index in [-0.39, 0.29) is 16.3 Å². The summed E-state index contributed by atoms with van der Waals surface area (Å²) in [5.74, 6) is -0.291. The molecule has 3 aromatic rings. The molecule has 0 spiro atoms. The lowest BCUT2D eigenvalue weighted by Crippen LogP contribution is -2.21. The predicted molar refractivity (Wildman–Crippen MR) is 90.9 cm³/mol. The number of halogens is 2. The van der Waals surface area contributed by atoms with Crippen LogP contribution in [0.25, 0.3) is 22.0 Å². The SMILES string of the molecule is CCn1c(=O)c(-c2cc(N)c(F)cc2Cl)cc2cnc(N)cc21. The van der Waals surface area contributed by atoms with Gasteiger partial charge in [-0.15, -0.1) is 0 Å². The lowest BCUT2D eigenvalue weighted by Gasteiger charge is -2.13. The van der Waals surface area contributed by atoms with Gasteiger partial charge in [0.25, 0.3) is 5.56 Å². The minimum absolute atomic E-state index is 0.0672. The van der Waals surface area contributed by atoms with Crippen molar-refractivity contribution in [1.82, 2.24) is 9.55 Å². The predicted octanol–water partition coefficient (Wildman–Crippen LogP) is 3.04. The van der Waals surface area contributed by atoms with Crippen molar-refractivity contribution < 1.29 is 4.39 Å². The van der Waals surface area contributed by atoms with Crippen LogP contribution in [0.15, 0.2) is 35.3 Å². The van der Waals surface area contributed by atoms with Gasteiger partial charge < -0.3 is 16.0 Å². The summed E-state index contributed by atoms with van der Waals surface area (Å²) in [5, 5.41) is 0.855. The van der Waals surface area contributed by atoms with Gasteiger partial charge in [-0.1, -0.05) is 11.6 Å². The zero-order chi connectivity index (χ0) is 16.7. The lowest BCUT2D eigenvalue weighted by atomic mass is 10.0. The number of hydrogen-bond donors (Lipinski definition) is 2. The van der Waals surface area contributed by atoms with Gasteiger partial charge >= 0.3 is 0 Å². The van der Waals surface area contributed by atoms with E-state index in [1.165, 1.54) is 6.07 Å². The number of aryl methyl sites for hydroxylation is 1. The molecule has 0 aliphatic carbocycles. The van der Waals surface area contributed by atoms with Crippen molar-refractivity contribution in [2.75, 3.05) is 11.5 Å². The van der Waals surface area contributed by atoms with E-state index in [4.69, 9.17) is 23.1 Å². The van der Waals surface area contributed by atoms with E-state index in [9.17, 15) is 9.18 Å². The van der Waals surface area contributed by atoms with Gasteiger partial charge in [0, 0.05) is 35.3 Å². The molecule has 118 valence electrons. The Balaban J connectivity index is 2.39. The highest BCUT2D eigenvalue weighted by molar-refractivity contribution is 6.33. The van der Waals surface area contributed by atoms with Crippen LogP contribution in [0.5, 0.6) is 0 Å². The van der Waals surface area contributed by atoms with Crippen LogP contribution >= 0.6 is 11.6 Å². The van der Waals surface area contributed by atoms with Crippen molar-refractivity contribution in [3.8, 4) is 11.1 Å². The third-order valence-electron chi connectivity index (χ3n) is 3.69. The Morgan fingerprint density at radius 3 is 2.65 bits per heavy atom. The molecule has 4 N–H and O–H groups in total. The van der Waals surface area contributed by atoms with Crippen molar-refractivity contribution in [3.05, 3.63) is 51.7 Å². The van der Waals surface area contributed by atoms with Crippen molar-refractivity contribution in [2.24, 2.45) is 0 Å². The summed E-state index contributed by atoms with van der Waals surface area (Å²) in [6.07, 6.45) is 1.58. The number of pyridine rings is 2. The number of nitrogens with zero attached hydrogens (tertiary/aromatic N) is 2. The molecule has 23 heavy (non-hydrogen) atoms. The van der Waals surface area contributed by atoms with Gasteiger partial charge in [0.2, 0.25) is 0 Å². The van der Waals surface area contributed by atoms with Crippen LogP contribution in [0.3, 0.4) is 0 Å². The first-order chi connectivity index (χ1) is 10.9. The summed E-state index contributed by atoms with van der Waals surface area (Å²) >= 11 is 6.10. The van der Waals surface area contributed by atoms with Gasteiger partial charge in [-0.3, -0.25) is 4.79 Å². The molecule has 0 saturated heterocycles. The number of nitrogens with two attached hydrogens (primary N) is 2. The topological polar surface area (TPSA) is 86.9 Å².